The first-order valence-corrected chi connectivity index (χ1v) is 9.19. The van der Waals surface area contributed by atoms with Gasteiger partial charge < -0.3 is 15.0 Å². The number of rotatable bonds is 6. The highest BCUT2D eigenvalue weighted by molar-refractivity contribution is 5.85. The number of nitrogens with one attached hydrogen (secondary N) is 2. The summed E-state index contributed by atoms with van der Waals surface area (Å²) >= 11 is 0. The van der Waals surface area contributed by atoms with Crippen molar-refractivity contribution in [3.05, 3.63) is 54.1 Å². The summed E-state index contributed by atoms with van der Waals surface area (Å²) in [6.07, 6.45) is -1.25. The maximum Gasteiger partial charge on any atom is 0.422 e. The number of nitrogens with zero attached hydrogens (tertiary/aromatic N) is 2. The van der Waals surface area contributed by atoms with E-state index < -0.39 is 18.8 Å². The molecule has 2 N–H and O–H groups in total. The molecule has 1 unspecified atom stereocenters. The van der Waals surface area contributed by atoms with E-state index >= 15 is 0 Å². The van der Waals surface area contributed by atoms with Gasteiger partial charge in [-0.1, -0.05) is 18.2 Å². The summed E-state index contributed by atoms with van der Waals surface area (Å²) in [6, 6.07) is 9.60. The minimum atomic E-state index is -4.44. The molecule has 6 nitrogen and oxygen atoms in total. The summed E-state index contributed by atoms with van der Waals surface area (Å²) in [5.41, 5.74) is 2.54. The molecule has 0 saturated heterocycles. The van der Waals surface area contributed by atoms with E-state index in [4.69, 9.17) is 0 Å². The van der Waals surface area contributed by atoms with Gasteiger partial charge in [-0.05, 0) is 30.9 Å². The Bertz CT molecular complexity index is 983. The Kier molecular flexibility index (Phi) is 4.89. The van der Waals surface area contributed by atoms with Gasteiger partial charge in [-0.15, -0.1) is 0 Å². The Labute approximate surface area is 164 Å². The predicted molar refractivity (Wildman–Crippen MR) is 99.3 cm³/mol. The van der Waals surface area contributed by atoms with Crippen molar-refractivity contribution in [1.82, 2.24) is 20.3 Å². The van der Waals surface area contributed by atoms with Gasteiger partial charge in [-0.2, -0.15) is 13.2 Å². The lowest BCUT2D eigenvalue weighted by atomic mass is 10.2. The minimum Gasteiger partial charge on any atom is -0.467 e. The standard InChI is InChI=1S/C20H19F3N4O2/c1-11(17-8-25-18(9-24-17)29-10-20(21,22)23)26-19(28)14-7-13(14)16-6-12-4-2-3-5-15(12)27-16/h2-6,8-9,11,13-14,27H,7,10H2,1H3,(H,26,28)/t11?,13-,14-/m0/s1. The number of hydrogen-bond acceptors (Lipinski definition) is 4. The van der Waals surface area contributed by atoms with Crippen molar-refractivity contribution in [2.45, 2.75) is 31.5 Å². The first-order chi connectivity index (χ1) is 13.8. The second kappa shape index (κ2) is 7.38. The highest BCUT2D eigenvalue weighted by atomic mass is 19.4. The summed E-state index contributed by atoms with van der Waals surface area (Å²) in [4.78, 5) is 23.8. The highest BCUT2D eigenvalue weighted by Crippen LogP contribution is 2.48. The van der Waals surface area contributed by atoms with E-state index in [-0.39, 0.29) is 23.6 Å². The third kappa shape index (κ3) is 4.49. The number of para-hydroxylation sites is 1. The average molecular weight is 404 g/mol. The zero-order chi connectivity index (χ0) is 20.6. The normalized spacial score (nSPS) is 19.7. The van der Waals surface area contributed by atoms with Crippen LogP contribution in [0.2, 0.25) is 0 Å². The van der Waals surface area contributed by atoms with Crippen molar-refractivity contribution in [2.24, 2.45) is 5.92 Å². The van der Waals surface area contributed by atoms with Gasteiger partial charge in [-0.3, -0.25) is 9.78 Å². The molecule has 3 atom stereocenters. The van der Waals surface area contributed by atoms with Crippen LogP contribution >= 0.6 is 0 Å². The highest BCUT2D eigenvalue weighted by Gasteiger charge is 2.45. The molecule has 1 aliphatic carbocycles. The molecule has 1 aliphatic rings. The molecule has 2 heterocycles. The van der Waals surface area contributed by atoms with E-state index in [1.165, 1.54) is 6.20 Å². The van der Waals surface area contributed by atoms with E-state index in [0.717, 1.165) is 29.2 Å². The fourth-order valence-corrected chi connectivity index (χ4v) is 3.30. The number of alkyl halides is 3. The zero-order valence-corrected chi connectivity index (χ0v) is 15.5. The van der Waals surface area contributed by atoms with Crippen LogP contribution in [-0.4, -0.2) is 33.6 Å². The lowest BCUT2D eigenvalue weighted by Gasteiger charge is -2.14. The van der Waals surface area contributed by atoms with Gasteiger partial charge in [-0.25, -0.2) is 4.98 Å². The first kappa shape index (κ1) is 19.2. The number of amides is 1. The Hall–Kier alpha value is -3.10. The summed E-state index contributed by atoms with van der Waals surface area (Å²) < 4.78 is 41.0. The fraction of sp³-hybridized carbons (Fsp3) is 0.350. The van der Waals surface area contributed by atoms with Gasteiger partial charge in [0.05, 0.1) is 24.1 Å². The molecule has 3 aromatic rings. The van der Waals surface area contributed by atoms with Gasteiger partial charge >= 0.3 is 6.18 Å². The van der Waals surface area contributed by atoms with Crippen LogP contribution < -0.4 is 10.1 Å². The summed E-state index contributed by atoms with van der Waals surface area (Å²) in [5.74, 6) is -0.266. The molecule has 152 valence electrons. The zero-order valence-electron chi connectivity index (χ0n) is 15.5. The van der Waals surface area contributed by atoms with Gasteiger partial charge in [0.15, 0.2) is 6.61 Å². The number of fused-ring (bicyclic) bond motifs is 1. The van der Waals surface area contributed by atoms with Crippen LogP contribution in [0.3, 0.4) is 0 Å². The predicted octanol–water partition coefficient (Wildman–Crippen LogP) is 3.88. The molecule has 1 fully saturated rings. The second-order valence-corrected chi connectivity index (χ2v) is 7.17. The van der Waals surface area contributed by atoms with Gasteiger partial charge in [0.25, 0.3) is 0 Å². The molecule has 1 aromatic carbocycles. The Balaban J connectivity index is 1.33. The smallest absolute Gasteiger partial charge is 0.422 e. The lowest BCUT2D eigenvalue weighted by molar-refractivity contribution is -0.154. The largest absolute Gasteiger partial charge is 0.467 e. The molecule has 0 spiro atoms. The number of halogens is 3. The van der Waals surface area contributed by atoms with Crippen LogP contribution in [0.4, 0.5) is 13.2 Å². The molecule has 0 radical (unpaired) electrons. The molecule has 9 heteroatoms. The summed E-state index contributed by atoms with van der Waals surface area (Å²) in [6.45, 7) is 0.322. The molecule has 4 rings (SSSR count). The lowest BCUT2D eigenvalue weighted by Crippen LogP contribution is -2.29. The topological polar surface area (TPSA) is 79.9 Å². The maximum atomic E-state index is 12.5. The molecule has 29 heavy (non-hydrogen) atoms. The SMILES string of the molecule is CC(NC(=O)[C@H]1C[C@@H]1c1cc2ccccc2[nH]1)c1cnc(OCC(F)(F)F)cn1. The third-order valence-electron chi connectivity index (χ3n) is 4.91. The van der Waals surface area contributed by atoms with Crippen molar-refractivity contribution in [3.63, 3.8) is 0 Å². The quantitative estimate of drug-likeness (QED) is 0.654. The number of H-pyrrole nitrogens is 1. The van der Waals surface area contributed by atoms with Gasteiger partial charge in [0, 0.05) is 23.0 Å². The van der Waals surface area contributed by atoms with Crippen molar-refractivity contribution < 1.29 is 22.7 Å². The monoisotopic (exact) mass is 404 g/mol. The Morgan fingerprint density at radius 3 is 2.79 bits per heavy atom. The molecule has 1 amide bonds. The molecular formula is C20H19F3N4O2. The van der Waals surface area contributed by atoms with Crippen LogP contribution in [0, 0.1) is 5.92 Å². The third-order valence-corrected chi connectivity index (χ3v) is 4.91. The molecule has 0 aliphatic heterocycles. The number of benzene rings is 1. The van der Waals surface area contributed by atoms with Crippen molar-refractivity contribution in [3.8, 4) is 5.88 Å². The van der Waals surface area contributed by atoms with Crippen LogP contribution in [0.25, 0.3) is 10.9 Å². The van der Waals surface area contributed by atoms with E-state index in [2.05, 4.69) is 31.1 Å². The summed E-state index contributed by atoms with van der Waals surface area (Å²) in [5, 5.41) is 4.01. The van der Waals surface area contributed by atoms with Crippen molar-refractivity contribution in [2.75, 3.05) is 6.61 Å². The molecule has 0 bridgehead atoms. The van der Waals surface area contributed by atoms with E-state index in [1.54, 1.807) is 6.92 Å². The molecule has 1 saturated carbocycles. The number of carbonyl (C=O) groups excluding carboxylic acids is 1. The number of ether oxygens (including phenoxy) is 1. The Morgan fingerprint density at radius 2 is 2.10 bits per heavy atom. The van der Waals surface area contributed by atoms with Crippen LogP contribution in [0.1, 0.15) is 36.7 Å². The van der Waals surface area contributed by atoms with E-state index in [1.807, 2.05) is 24.3 Å². The van der Waals surface area contributed by atoms with E-state index in [0.29, 0.717) is 5.69 Å². The van der Waals surface area contributed by atoms with Crippen LogP contribution in [0.15, 0.2) is 42.7 Å². The number of aromatic amines is 1. The molecule has 2 aromatic heterocycles. The minimum absolute atomic E-state index is 0.0830. The Morgan fingerprint density at radius 1 is 1.31 bits per heavy atom. The number of aromatic nitrogens is 3. The maximum absolute atomic E-state index is 12.5. The number of carbonyl (C=O) groups is 1. The average Bonchev–Trinajstić information content (AvgIpc) is 3.38. The van der Waals surface area contributed by atoms with Gasteiger partial charge in [0.2, 0.25) is 11.8 Å². The van der Waals surface area contributed by atoms with Crippen LogP contribution in [0.5, 0.6) is 5.88 Å². The molecular weight excluding hydrogens is 385 g/mol. The van der Waals surface area contributed by atoms with E-state index in [9.17, 15) is 18.0 Å². The van der Waals surface area contributed by atoms with Crippen LogP contribution in [-0.2, 0) is 4.79 Å². The van der Waals surface area contributed by atoms with Crippen molar-refractivity contribution in [1.29, 1.82) is 0 Å². The first-order valence-electron chi connectivity index (χ1n) is 9.19. The fourth-order valence-electron chi connectivity index (χ4n) is 3.30. The second-order valence-electron chi connectivity index (χ2n) is 7.17. The van der Waals surface area contributed by atoms with Crippen molar-refractivity contribution >= 4 is 16.8 Å². The summed E-state index contributed by atoms with van der Waals surface area (Å²) in [7, 11) is 0. The number of hydrogen-bond donors (Lipinski definition) is 2. The van der Waals surface area contributed by atoms with Gasteiger partial charge in [0.1, 0.15) is 0 Å².